The molecule has 2 aromatic heterocycles. The number of rotatable bonds is 3. The van der Waals surface area contributed by atoms with Gasteiger partial charge >= 0.3 is 0 Å². The molecule has 0 aliphatic heterocycles. The summed E-state index contributed by atoms with van der Waals surface area (Å²) in [5, 5.41) is 4.58. The molecule has 0 spiro atoms. The highest BCUT2D eigenvalue weighted by atomic mass is 16.5. The monoisotopic (exact) mass is 319 g/mol. The third kappa shape index (κ3) is 2.25. The van der Waals surface area contributed by atoms with Crippen molar-refractivity contribution in [2.24, 2.45) is 0 Å². The van der Waals surface area contributed by atoms with Crippen LogP contribution in [0.4, 0.5) is 0 Å². The molecule has 0 radical (unpaired) electrons. The highest BCUT2D eigenvalue weighted by Crippen LogP contribution is 2.31. The molecule has 0 bridgehead atoms. The summed E-state index contributed by atoms with van der Waals surface area (Å²) >= 11 is 0. The van der Waals surface area contributed by atoms with E-state index in [4.69, 9.17) is 9.15 Å². The molecule has 0 aliphatic carbocycles. The van der Waals surface area contributed by atoms with E-state index in [0.717, 1.165) is 11.3 Å². The zero-order chi connectivity index (χ0) is 16.5. The second-order valence-electron chi connectivity index (χ2n) is 5.18. The number of ether oxygens (including phenoxy) is 1. The van der Waals surface area contributed by atoms with E-state index in [1.165, 1.54) is 13.4 Å². The van der Waals surface area contributed by atoms with Crippen LogP contribution in [-0.2, 0) is 0 Å². The van der Waals surface area contributed by atoms with Gasteiger partial charge in [0.05, 0.1) is 18.2 Å². The lowest BCUT2D eigenvalue weighted by atomic mass is 10.1. The van der Waals surface area contributed by atoms with Gasteiger partial charge in [0.25, 0.3) is 0 Å². The zero-order valence-corrected chi connectivity index (χ0v) is 12.8. The van der Waals surface area contributed by atoms with E-state index < -0.39 is 0 Å². The van der Waals surface area contributed by atoms with Crippen LogP contribution in [-0.4, -0.2) is 21.9 Å². The third-order valence-electron chi connectivity index (χ3n) is 3.77. The number of nitrogens with zero attached hydrogens (tertiary/aromatic N) is 3. The van der Waals surface area contributed by atoms with Crippen molar-refractivity contribution in [3.8, 4) is 22.8 Å². The quantitative estimate of drug-likeness (QED) is 0.580. The van der Waals surface area contributed by atoms with Crippen molar-refractivity contribution < 1.29 is 9.15 Å². The molecule has 0 amide bonds. The summed E-state index contributed by atoms with van der Waals surface area (Å²) < 4.78 is 12.9. The van der Waals surface area contributed by atoms with Crippen molar-refractivity contribution in [2.45, 2.75) is 0 Å². The van der Waals surface area contributed by atoms with E-state index in [1.807, 2.05) is 30.3 Å². The summed E-state index contributed by atoms with van der Waals surface area (Å²) in [6.07, 6.45) is 3.09. The van der Waals surface area contributed by atoms with Gasteiger partial charge < -0.3 is 9.15 Å². The summed E-state index contributed by atoms with van der Waals surface area (Å²) in [5.41, 5.74) is 1.95. The van der Waals surface area contributed by atoms with Gasteiger partial charge in [0.2, 0.25) is 11.2 Å². The minimum atomic E-state index is -0.185. The SMILES string of the molecule is COc1c(-c2ccc(-n3cncn3)cc2)oc2ccccc2c1=O. The van der Waals surface area contributed by atoms with Crippen LogP contribution in [0.25, 0.3) is 28.0 Å². The normalized spacial score (nSPS) is 10.9. The van der Waals surface area contributed by atoms with Gasteiger partial charge in [0, 0.05) is 5.56 Å². The van der Waals surface area contributed by atoms with Gasteiger partial charge in [-0.2, -0.15) is 5.10 Å². The van der Waals surface area contributed by atoms with Gasteiger partial charge in [0.15, 0.2) is 5.76 Å². The van der Waals surface area contributed by atoms with E-state index in [9.17, 15) is 4.79 Å². The number of aromatic nitrogens is 3. The number of fused-ring (bicyclic) bond motifs is 1. The number of benzene rings is 2. The van der Waals surface area contributed by atoms with Gasteiger partial charge in [0.1, 0.15) is 18.2 Å². The topological polar surface area (TPSA) is 70.2 Å². The van der Waals surface area contributed by atoms with Gasteiger partial charge in [-0.05, 0) is 36.4 Å². The molecule has 2 aromatic carbocycles. The maximum absolute atomic E-state index is 12.6. The van der Waals surface area contributed by atoms with Crippen LogP contribution in [0.5, 0.6) is 5.75 Å². The van der Waals surface area contributed by atoms with E-state index in [-0.39, 0.29) is 11.2 Å². The predicted octanol–water partition coefficient (Wildman–Crippen LogP) is 3.05. The Hall–Kier alpha value is -3.41. The standard InChI is InChI=1S/C18H13N3O3/c1-23-18-16(22)14-4-2-3-5-15(14)24-17(18)12-6-8-13(9-7-12)21-11-19-10-20-21/h2-11H,1H3. The van der Waals surface area contributed by atoms with E-state index in [0.29, 0.717) is 16.7 Å². The Kier molecular flexibility index (Phi) is 3.35. The Morgan fingerprint density at radius 3 is 2.58 bits per heavy atom. The molecule has 0 N–H and O–H groups in total. The molecule has 0 unspecified atom stereocenters. The van der Waals surface area contributed by atoms with Crippen LogP contribution in [0.15, 0.2) is 70.4 Å². The molecule has 0 fully saturated rings. The number of para-hydroxylation sites is 1. The van der Waals surface area contributed by atoms with Crippen molar-refractivity contribution in [2.75, 3.05) is 7.11 Å². The first-order valence-electron chi connectivity index (χ1n) is 7.33. The first-order valence-corrected chi connectivity index (χ1v) is 7.33. The average Bonchev–Trinajstić information content (AvgIpc) is 3.16. The van der Waals surface area contributed by atoms with Gasteiger partial charge in [-0.15, -0.1) is 0 Å². The lowest BCUT2D eigenvalue weighted by Gasteiger charge is -2.09. The summed E-state index contributed by atoms with van der Waals surface area (Å²) in [5.74, 6) is 0.605. The van der Waals surface area contributed by atoms with Crippen LogP contribution < -0.4 is 10.2 Å². The molecule has 118 valence electrons. The summed E-state index contributed by atoms with van der Waals surface area (Å²) in [4.78, 5) is 16.5. The lowest BCUT2D eigenvalue weighted by Crippen LogP contribution is -2.07. The second-order valence-corrected chi connectivity index (χ2v) is 5.18. The summed E-state index contributed by atoms with van der Waals surface area (Å²) in [6.45, 7) is 0. The first kappa shape index (κ1) is 14.2. The Labute approximate surface area is 136 Å². The Balaban J connectivity index is 1.88. The fraction of sp³-hybridized carbons (Fsp3) is 0.0556. The molecule has 0 aliphatic rings. The Morgan fingerprint density at radius 1 is 1.08 bits per heavy atom. The largest absolute Gasteiger partial charge is 0.490 e. The Bertz CT molecular complexity index is 1050. The number of hydrogen-bond acceptors (Lipinski definition) is 5. The number of hydrogen-bond donors (Lipinski definition) is 0. The molecular weight excluding hydrogens is 306 g/mol. The molecule has 4 aromatic rings. The van der Waals surface area contributed by atoms with Crippen molar-refractivity contribution in [3.05, 3.63) is 71.4 Å². The summed E-state index contributed by atoms with van der Waals surface area (Å²) in [7, 11) is 1.47. The zero-order valence-electron chi connectivity index (χ0n) is 12.8. The molecular formula is C18H13N3O3. The smallest absolute Gasteiger partial charge is 0.235 e. The van der Waals surface area contributed by atoms with Crippen LogP contribution in [0.1, 0.15) is 0 Å². The maximum Gasteiger partial charge on any atom is 0.235 e. The van der Waals surface area contributed by atoms with Crippen molar-refractivity contribution >= 4 is 11.0 Å². The van der Waals surface area contributed by atoms with Crippen molar-refractivity contribution in [1.82, 2.24) is 14.8 Å². The van der Waals surface area contributed by atoms with Crippen LogP contribution >= 0.6 is 0 Å². The van der Waals surface area contributed by atoms with Crippen LogP contribution in [0.3, 0.4) is 0 Å². The van der Waals surface area contributed by atoms with Crippen LogP contribution in [0.2, 0.25) is 0 Å². The molecule has 6 heteroatoms. The molecule has 0 saturated carbocycles. The van der Waals surface area contributed by atoms with E-state index in [2.05, 4.69) is 10.1 Å². The third-order valence-corrected chi connectivity index (χ3v) is 3.77. The fourth-order valence-electron chi connectivity index (χ4n) is 2.61. The van der Waals surface area contributed by atoms with Gasteiger partial charge in [-0.25, -0.2) is 9.67 Å². The molecule has 6 nitrogen and oxygen atoms in total. The minimum Gasteiger partial charge on any atom is -0.490 e. The minimum absolute atomic E-state index is 0.185. The fourth-order valence-corrected chi connectivity index (χ4v) is 2.61. The van der Waals surface area contributed by atoms with Gasteiger partial charge in [-0.3, -0.25) is 4.79 Å². The predicted molar refractivity (Wildman–Crippen MR) is 89.4 cm³/mol. The summed E-state index contributed by atoms with van der Waals surface area (Å²) in [6, 6.07) is 14.6. The highest BCUT2D eigenvalue weighted by molar-refractivity contribution is 5.82. The molecule has 2 heterocycles. The highest BCUT2D eigenvalue weighted by Gasteiger charge is 2.16. The first-order chi connectivity index (χ1) is 11.8. The molecule has 24 heavy (non-hydrogen) atoms. The van der Waals surface area contributed by atoms with Gasteiger partial charge in [-0.1, -0.05) is 12.1 Å². The Morgan fingerprint density at radius 2 is 1.88 bits per heavy atom. The lowest BCUT2D eigenvalue weighted by molar-refractivity contribution is 0.399. The van der Waals surface area contributed by atoms with Crippen molar-refractivity contribution in [1.29, 1.82) is 0 Å². The second kappa shape index (κ2) is 5.66. The average molecular weight is 319 g/mol. The van der Waals surface area contributed by atoms with Crippen molar-refractivity contribution in [3.63, 3.8) is 0 Å². The van der Waals surface area contributed by atoms with E-state index in [1.54, 1.807) is 29.2 Å². The number of methoxy groups -OCH3 is 1. The maximum atomic E-state index is 12.6. The molecule has 0 atom stereocenters. The molecule has 4 rings (SSSR count). The van der Waals surface area contributed by atoms with E-state index >= 15 is 0 Å². The molecule has 0 saturated heterocycles. The van der Waals surface area contributed by atoms with Crippen LogP contribution in [0, 0.1) is 0 Å².